The summed E-state index contributed by atoms with van der Waals surface area (Å²) in [6.07, 6.45) is 1.59. The lowest BCUT2D eigenvalue weighted by molar-refractivity contribution is -0.118. The van der Waals surface area contributed by atoms with Gasteiger partial charge < -0.3 is 15.8 Å². The minimum absolute atomic E-state index is 0.455. The Morgan fingerprint density at radius 2 is 2.00 bits per heavy atom. The number of pyridine rings is 1. The van der Waals surface area contributed by atoms with Crippen molar-refractivity contribution in [3.63, 3.8) is 0 Å². The number of nitrogens with zero attached hydrogens (tertiary/aromatic N) is 1. The fourth-order valence-electron chi connectivity index (χ4n) is 1.73. The van der Waals surface area contributed by atoms with Crippen LogP contribution in [0.25, 0.3) is 0 Å². The third-order valence-corrected chi connectivity index (χ3v) is 3.27. The van der Waals surface area contributed by atoms with E-state index in [9.17, 15) is 4.79 Å². The first-order chi connectivity index (χ1) is 9.60. The van der Waals surface area contributed by atoms with Crippen molar-refractivity contribution < 1.29 is 9.53 Å². The predicted molar refractivity (Wildman–Crippen MR) is 80.5 cm³/mol. The molecule has 3 N–H and O–H groups in total. The van der Waals surface area contributed by atoms with E-state index in [0.717, 1.165) is 10.0 Å². The lowest BCUT2D eigenvalue weighted by Crippen LogP contribution is -2.27. The van der Waals surface area contributed by atoms with E-state index in [-0.39, 0.29) is 0 Å². The molecular formula is C14H14BrN3O2. The quantitative estimate of drug-likeness (QED) is 0.879. The summed E-state index contributed by atoms with van der Waals surface area (Å²) >= 11 is 3.35. The van der Waals surface area contributed by atoms with Crippen LogP contribution in [0, 0.1) is 0 Å². The first-order valence-corrected chi connectivity index (χ1v) is 6.71. The summed E-state index contributed by atoms with van der Waals surface area (Å²) in [5, 5.41) is 3.06. The van der Waals surface area contributed by atoms with Gasteiger partial charge in [0.15, 0.2) is 0 Å². The molecule has 0 bridgehead atoms. The Bertz CT molecular complexity index is 584. The van der Waals surface area contributed by atoms with Gasteiger partial charge in [-0.05, 0) is 23.8 Å². The van der Waals surface area contributed by atoms with Crippen LogP contribution in [0.5, 0.6) is 5.88 Å². The number of anilines is 1. The Morgan fingerprint density at radius 1 is 1.30 bits per heavy atom. The van der Waals surface area contributed by atoms with E-state index < -0.39 is 11.9 Å². The van der Waals surface area contributed by atoms with E-state index in [1.54, 1.807) is 25.4 Å². The number of hydrogen-bond acceptors (Lipinski definition) is 4. The summed E-state index contributed by atoms with van der Waals surface area (Å²) < 4.78 is 5.92. The van der Waals surface area contributed by atoms with Crippen LogP contribution < -0.4 is 15.8 Å². The number of ether oxygens (including phenoxy) is 1. The molecule has 2 aromatic rings. The van der Waals surface area contributed by atoms with Crippen molar-refractivity contribution in [2.24, 2.45) is 5.73 Å². The third-order valence-electron chi connectivity index (χ3n) is 2.74. The number of amides is 1. The molecule has 0 aliphatic carbocycles. The molecule has 0 aliphatic rings. The van der Waals surface area contributed by atoms with Crippen LogP contribution in [0.3, 0.4) is 0 Å². The van der Waals surface area contributed by atoms with E-state index in [1.165, 1.54) is 0 Å². The smallest absolute Gasteiger partial charge is 0.244 e. The summed E-state index contributed by atoms with van der Waals surface area (Å²) in [6.45, 7) is 0. The van der Waals surface area contributed by atoms with Crippen LogP contribution in [-0.4, -0.2) is 18.0 Å². The number of carbonyl (C=O) groups is 1. The van der Waals surface area contributed by atoms with E-state index >= 15 is 0 Å². The number of nitrogens with two attached hydrogens (primary N) is 1. The zero-order valence-corrected chi connectivity index (χ0v) is 12.4. The van der Waals surface area contributed by atoms with Crippen LogP contribution >= 0.6 is 15.9 Å². The second-order valence-electron chi connectivity index (χ2n) is 4.12. The van der Waals surface area contributed by atoms with Gasteiger partial charge in [-0.25, -0.2) is 4.98 Å². The Morgan fingerprint density at radius 3 is 2.50 bits per heavy atom. The lowest BCUT2D eigenvalue weighted by Gasteiger charge is -2.17. The van der Waals surface area contributed by atoms with Gasteiger partial charge in [-0.15, -0.1) is 0 Å². The van der Waals surface area contributed by atoms with Gasteiger partial charge in [-0.1, -0.05) is 28.1 Å². The van der Waals surface area contributed by atoms with Crippen molar-refractivity contribution in [1.29, 1.82) is 0 Å². The molecule has 0 aliphatic heterocycles. The van der Waals surface area contributed by atoms with Gasteiger partial charge in [-0.2, -0.15) is 0 Å². The predicted octanol–water partition coefficient (Wildman–Crippen LogP) is 2.49. The molecule has 1 aromatic carbocycles. The molecule has 0 spiro atoms. The van der Waals surface area contributed by atoms with Gasteiger partial charge in [0, 0.05) is 10.5 Å². The molecule has 6 heteroatoms. The maximum Gasteiger partial charge on any atom is 0.244 e. The van der Waals surface area contributed by atoms with Crippen LogP contribution in [0.4, 0.5) is 5.69 Å². The number of nitrogens with one attached hydrogen (secondary N) is 1. The fraction of sp³-hybridized carbons (Fsp3) is 0.143. The molecule has 0 unspecified atom stereocenters. The zero-order valence-electron chi connectivity index (χ0n) is 10.8. The Balaban J connectivity index is 2.20. The first-order valence-electron chi connectivity index (χ1n) is 5.91. The Hall–Kier alpha value is -2.08. The molecule has 2 rings (SSSR count). The monoisotopic (exact) mass is 335 g/mol. The number of methoxy groups -OCH3 is 1. The number of carbonyl (C=O) groups excluding carboxylic acids is 1. The van der Waals surface area contributed by atoms with Crippen molar-refractivity contribution in [3.8, 4) is 5.88 Å². The summed E-state index contributed by atoms with van der Waals surface area (Å²) in [5.74, 6) is 0.0537. The lowest BCUT2D eigenvalue weighted by atomic mass is 10.1. The van der Waals surface area contributed by atoms with E-state index in [2.05, 4.69) is 26.2 Å². The minimum Gasteiger partial charge on any atom is -0.481 e. The van der Waals surface area contributed by atoms with Crippen molar-refractivity contribution >= 4 is 27.5 Å². The van der Waals surface area contributed by atoms with Gasteiger partial charge in [-0.3, -0.25) is 4.79 Å². The second-order valence-corrected chi connectivity index (χ2v) is 5.04. The van der Waals surface area contributed by atoms with E-state index in [0.29, 0.717) is 11.6 Å². The van der Waals surface area contributed by atoms with Crippen LogP contribution in [0.2, 0.25) is 0 Å². The van der Waals surface area contributed by atoms with E-state index in [1.807, 2.05) is 24.3 Å². The SMILES string of the molecule is COc1ccc(N[C@H](C(N)=O)c2ccc(Br)cc2)cn1. The molecular weight excluding hydrogens is 322 g/mol. The fourth-order valence-corrected chi connectivity index (χ4v) is 1.99. The molecule has 0 saturated heterocycles. The van der Waals surface area contributed by atoms with Gasteiger partial charge >= 0.3 is 0 Å². The number of benzene rings is 1. The van der Waals surface area contributed by atoms with Gasteiger partial charge in [0.2, 0.25) is 11.8 Å². The number of halogens is 1. The molecule has 104 valence electrons. The minimum atomic E-state index is -0.613. The standard InChI is InChI=1S/C14H14BrN3O2/c1-20-12-7-6-11(8-17-12)18-13(14(16)19)9-2-4-10(15)5-3-9/h2-8,13,18H,1H3,(H2,16,19)/t13-/m0/s1. The van der Waals surface area contributed by atoms with Crippen LogP contribution in [0.15, 0.2) is 47.1 Å². The molecule has 20 heavy (non-hydrogen) atoms. The molecule has 0 fully saturated rings. The van der Waals surface area contributed by atoms with Gasteiger partial charge in [0.1, 0.15) is 6.04 Å². The highest BCUT2D eigenvalue weighted by Gasteiger charge is 2.17. The highest BCUT2D eigenvalue weighted by Crippen LogP contribution is 2.22. The largest absolute Gasteiger partial charge is 0.481 e. The molecule has 0 saturated carbocycles. The van der Waals surface area contributed by atoms with E-state index in [4.69, 9.17) is 10.5 Å². The summed E-state index contributed by atoms with van der Waals surface area (Å²) in [6, 6.07) is 10.3. The van der Waals surface area contributed by atoms with Crippen LogP contribution in [0.1, 0.15) is 11.6 Å². The first kappa shape index (κ1) is 14.3. The molecule has 1 atom stereocenters. The molecule has 1 aromatic heterocycles. The zero-order chi connectivity index (χ0) is 14.5. The second kappa shape index (κ2) is 6.38. The number of primary amides is 1. The van der Waals surface area contributed by atoms with Crippen LogP contribution in [-0.2, 0) is 4.79 Å². The van der Waals surface area contributed by atoms with Crippen molar-refractivity contribution in [3.05, 3.63) is 52.6 Å². The number of hydrogen-bond donors (Lipinski definition) is 2. The Kier molecular flexibility index (Phi) is 4.57. The summed E-state index contributed by atoms with van der Waals surface area (Å²) in [7, 11) is 1.55. The Labute approximate surface area is 125 Å². The third kappa shape index (κ3) is 3.48. The molecule has 0 radical (unpaired) electrons. The normalized spacial score (nSPS) is 11.7. The van der Waals surface area contributed by atoms with Crippen molar-refractivity contribution in [2.75, 3.05) is 12.4 Å². The molecule has 1 amide bonds. The van der Waals surface area contributed by atoms with Crippen molar-refractivity contribution in [2.45, 2.75) is 6.04 Å². The number of aromatic nitrogens is 1. The highest BCUT2D eigenvalue weighted by atomic mass is 79.9. The summed E-state index contributed by atoms with van der Waals surface area (Å²) in [5.41, 5.74) is 6.93. The average molecular weight is 336 g/mol. The molecule has 1 heterocycles. The van der Waals surface area contributed by atoms with Gasteiger partial charge in [0.25, 0.3) is 0 Å². The number of rotatable bonds is 5. The topological polar surface area (TPSA) is 77.2 Å². The maximum absolute atomic E-state index is 11.6. The average Bonchev–Trinajstić information content (AvgIpc) is 2.46. The highest BCUT2D eigenvalue weighted by molar-refractivity contribution is 9.10. The molecule has 5 nitrogen and oxygen atoms in total. The van der Waals surface area contributed by atoms with Crippen molar-refractivity contribution in [1.82, 2.24) is 4.98 Å². The summed E-state index contributed by atoms with van der Waals surface area (Å²) in [4.78, 5) is 15.7. The van der Waals surface area contributed by atoms with Gasteiger partial charge in [0.05, 0.1) is 19.0 Å². The maximum atomic E-state index is 11.6.